The number of carbonyl (C=O) groups is 3. The van der Waals surface area contributed by atoms with Crippen LogP contribution in [-0.4, -0.2) is 70.7 Å². The summed E-state index contributed by atoms with van der Waals surface area (Å²) in [6.07, 6.45) is 2.48. The predicted octanol–water partition coefficient (Wildman–Crippen LogP) is 9.72. The summed E-state index contributed by atoms with van der Waals surface area (Å²) in [7, 11) is 1.74. The number of aliphatic hydroxyl groups is 1. The van der Waals surface area contributed by atoms with Gasteiger partial charge in [-0.15, -0.1) is 0 Å². The van der Waals surface area contributed by atoms with Crippen molar-refractivity contribution in [1.82, 2.24) is 9.88 Å². The van der Waals surface area contributed by atoms with Crippen molar-refractivity contribution in [1.29, 1.82) is 0 Å². The average Bonchev–Trinajstić information content (AvgIpc) is 3.28. The number of nitrogens with one attached hydrogen (secondary N) is 2. The molecule has 2 atom stereocenters. The minimum Gasteiger partial charge on any atom is -0.506 e. The molecule has 7 rings (SSSR count). The number of ketones is 1. The molecule has 1 aliphatic rings. The van der Waals surface area contributed by atoms with E-state index in [9.17, 15) is 29.4 Å². The monoisotopic (exact) mass is 850 g/mol. The Hall–Kier alpha value is -6.56. The van der Waals surface area contributed by atoms with Crippen LogP contribution in [0.15, 0.2) is 132 Å². The summed E-state index contributed by atoms with van der Waals surface area (Å²) in [6, 6.07) is 39.0. The number of phenolic OH excluding ortho intramolecular Hbond substituents is 1. The van der Waals surface area contributed by atoms with Gasteiger partial charge in [-0.05, 0) is 90.6 Å². The zero-order valence-corrected chi connectivity index (χ0v) is 35.3. The minimum atomic E-state index is -0.762. The fourth-order valence-electron chi connectivity index (χ4n) is 8.26. The molecular formula is C52H58N4O7. The first-order chi connectivity index (χ1) is 30.0. The van der Waals surface area contributed by atoms with Gasteiger partial charge in [0.1, 0.15) is 11.9 Å². The molecule has 0 aliphatic carbocycles. The Morgan fingerprint density at radius 1 is 0.857 bits per heavy atom. The van der Waals surface area contributed by atoms with Gasteiger partial charge in [-0.3, -0.25) is 19.7 Å². The number of aliphatic hydroxyl groups excluding tert-OH is 1. The number of benzene rings is 5. The lowest BCUT2D eigenvalue weighted by molar-refractivity contribution is -0.118. The van der Waals surface area contributed by atoms with Crippen LogP contribution in [0.1, 0.15) is 79.6 Å². The Labute approximate surface area is 369 Å². The summed E-state index contributed by atoms with van der Waals surface area (Å²) in [5.41, 5.74) is 6.49. The molecule has 11 nitrogen and oxygen atoms in total. The van der Waals surface area contributed by atoms with Gasteiger partial charge in [-0.2, -0.15) is 0 Å². The largest absolute Gasteiger partial charge is 0.506 e. The summed E-state index contributed by atoms with van der Waals surface area (Å²) in [4.78, 5) is 58.0. The van der Waals surface area contributed by atoms with Crippen LogP contribution >= 0.6 is 0 Å². The van der Waals surface area contributed by atoms with Gasteiger partial charge in [0.25, 0.3) is 0 Å². The molecule has 1 aliphatic heterocycles. The van der Waals surface area contributed by atoms with Crippen molar-refractivity contribution in [3.05, 3.63) is 160 Å². The van der Waals surface area contributed by atoms with Gasteiger partial charge in [0.15, 0.2) is 5.78 Å². The van der Waals surface area contributed by atoms with Crippen LogP contribution in [0.5, 0.6) is 5.75 Å². The summed E-state index contributed by atoms with van der Waals surface area (Å²) in [6.45, 7) is 4.15. The third-order valence-corrected chi connectivity index (χ3v) is 11.8. The van der Waals surface area contributed by atoms with Crippen molar-refractivity contribution < 1.29 is 29.3 Å². The van der Waals surface area contributed by atoms with E-state index in [2.05, 4.69) is 34.3 Å². The van der Waals surface area contributed by atoms with E-state index in [0.717, 1.165) is 35.1 Å². The first-order valence-electron chi connectivity index (χ1n) is 21.4. The van der Waals surface area contributed by atoms with Crippen molar-refractivity contribution in [2.24, 2.45) is 5.92 Å². The molecule has 63 heavy (non-hydrogen) atoms. The van der Waals surface area contributed by atoms with Crippen LogP contribution in [0.3, 0.4) is 0 Å². The molecule has 328 valence electrons. The minimum absolute atomic E-state index is 0. The molecule has 0 radical (unpaired) electrons. The highest BCUT2D eigenvalue weighted by atomic mass is 16.6. The fourth-order valence-corrected chi connectivity index (χ4v) is 8.26. The van der Waals surface area contributed by atoms with Gasteiger partial charge >= 0.3 is 6.09 Å². The van der Waals surface area contributed by atoms with Gasteiger partial charge in [0.2, 0.25) is 11.5 Å². The normalized spacial score (nSPS) is 14.0. The number of rotatable bonds is 16. The van der Waals surface area contributed by atoms with Crippen LogP contribution in [-0.2, 0) is 22.4 Å². The number of likely N-dealkylation sites (tertiary alicyclic amines) is 1. The number of piperidine rings is 1. The maximum absolute atomic E-state index is 13.5. The van der Waals surface area contributed by atoms with Crippen LogP contribution in [0.4, 0.5) is 16.2 Å². The van der Waals surface area contributed by atoms with Crippen molar-refractivity contribution in [2.45, 2.75) is 71.5 Å². The molecule has 1 saturated heterocycles. The van der Waals surface area contributed by atoms with E-state index in [1.54, 1.807) is 42.3 Å². The lowest BCUT2D eigenvalue weighted by atomic mass is 9.91. The zero-order chi connectivity index (χ0) is 43.6. The molecule has 2 heterocycles. The van der Waals surface area contributed by atoms with Gasteiger partial charge in [-0.1, -0.05) is 105 Å². The van der Waals surface area contributed by atoms with E-state index in [0.29, 0.717) is 78.7 Å². The van der Waals surface area contributed by atoms with E-state index in [1.807, 2.05) is 72.8 Å². The summed E-state index contributed by atoms with van der Waals surface area (Å²) >= 11 is 0. The van der Waals surface area contributed by atoms with Gasteiger partial charge < -0.3 is 29.7 Å². The first-order valence-corrected chi connectivity index (χ1v) is 21.4. The Morgan fingerprint density at radius 2 is 1.59 bits per heavy atom. The van der Waals surface area contributed by atoms with E-state index in [4.69, 9.17) is 4.74 Å². The number of aromatic hydroxyl groups is 1. The Kier molecular flexibility index (Phi) is 15.7. The number of hydrogen-bond donors (Lipinski definition) is 4. The average molecular weight is 851 g/mol. The second-order valence-corrected chi connectivity index (χ2v) is 16.3. The third-order valence-electron chi connectivity index (χ3n) is 11.8. The van der Waals surface area contributed by atoms with Crippen LogP contribution in [0.2, 0.25) is 0 Å². The highest BCUT2D eigenvalue weighted by Crippen LogP contribution is 2.32. The quantitative estimate of drug-likeness (QED) is 0.0703. The molecule has 1 unspecified atom stereocenters. The number of Topliss-reactive ketones (excluding diaryl/α,β-unsaturated/α-hetero) is 1. The molecule has 0 bridgehead atoms. The summed E-state index contributed by atoms with van der Waals surface area (Å²) in [5, 5.41) is 24.8. The Bertz CT molecular complexity index is 2570. The number of carbonyl (C=O) groups excluding carboxylic acids is 3. The molecule has 1 aromatic heterocycles. The number of para-hydroxylation sites is 1. The number of hydrogen-bond acceptors (Lipinski definition) is 8. The number of aromatic amines is 1. The molecule has 5 aromatic carbocycles. The number of H-pyrrole nitrogens is 1. The van der Waals surface area contributed by atoms with E-state index < -0.39 is 12.2 Å². The van der Waals surface area contributed by atoms with Gasteiger partial charge in [-0.25, -0.2) is 4.79 Å². The highest BCUT2D eigenvalue weighted by Gasteiger charge is 2.24. The van der Waals surface area contributed by atoms with Crippen LogP contribution in [0.25, 0.3) is 22.0 Å². The Morgan fingerprint density at radius 3 is 2.38 bits per heavy atom. The zero-order valence-electron chi connectivity index (χ0n) is 35.3. The second-order valence-electron chi connectivity index (χ2n) is 16.3. The maximum Gasteiger partial charge on any atom is 0.411 e. The molecule has 1 fully saturated rings. The number of pyridine rings is 1. The van der Waals surface area contributed by atoms with E-state index in [-0.39, 0.29) is 48.9 Å². The second kappa shape index (κ2) is 21.5. The summed E-state index contributed by atoms with van der Waals surface area (Å²) in [5.74, 6) is 0.122. The first kappa shape index (κ1) is 46.0. The number of aromatic nitrogens is 1. The molecule has 11 heteroatoms. The smallest absolute Gasteiger partial charge is 0.411 e. The van der Waals surface area contributed by atoms with Crippen molar-refractivity contribution in [3.8, 4) is 16.9 Å². The molecule has 0 saturated carbocycles. The molecular weight excluding hydrogens is 793 g/mol. The number of anilines is 2. The van der Waals surface area contributed by atoms with Crippen molar-refractivity contribution in [2.75, 3.05) is 36.9 Å². The predicted molar refractivity (Wildman–Crippen MR) is 250 cm³/mol. The number of phenols is 1. The van der Waals surface area contributed by atoms with Crippen molar-refractivity contribution in [3.63, 3.8) is 0 Å². The number of fused-ring (bicyclic) bond motifs is 1. The fraction of sp³-hybridized carbons (Fsp3) is 0.308. The van der Waals surface area contributed by atoms with Gasteiger partial charge in [0.05, 0.1) is 17.3 Å². The topological polar surface area (TPSA) is 152 Å². The number of nitrogens with zero attached hydrogens (tertiary/aromatic N) is 2. The van der Waals surface area contributed by atoms with Crippen LogP contribution in [0, 0.1) is 5.92 Å². The summed E-state index contributed by atoms with van der Waals surface area (Å²) < 4.78 is 5.79. The Balaban J connectivity index is 0.00000661. The number of amides is 2. The highest BCUT2D eigenvalue weighted by molar-refractivity contribution is 6.00. The molecule has 6 aromatic rings. The third kappa shape index (κ3) is 12.1. The SMILES string of the molecule is C.CC(CC[C@H](O)c1ccc(O)c2[nH]c(=O)ccc12)Cc1cccc(CC(=O)c2cccc(N(C)C(=O)CCN3CCC(OC(=O)Nc4ccccc4-c4ccccc4)CC3)c2)c1. The standard InChI is InChI=1S/C51H54N4O7.CH4/c1-34(18-21-45(56)42-19-22-46(57)50-43(42)20-23-48(59)53-50)30-35-10-8-11-36(31-35)32-47(58)38-14-9-15-39(33-38)54(2)49(60)26-29-55-27-24-40(25-28-55)62-51(61)52-44-17-7-6-16-41(44)37-12-4-3-5-13-37;/h3-17,19-20,22-23,31,33-34,40,45,56-57H,18,21,24-30,32H2,1-2H3,(H,52,61)(H,53,59);1H4/t34?,45-;/m0./s1. The lowest BCUT2D eigenvalue weighted by Gasteiger charge is -2.31. The van der Waals surface area contributed by atoms with Crippen LogP contribution < -0.4 is 15.8 Å². The van der Waals surface area contributed by atoms with E-state index >= 15 is 0 Å². The van der Waals surface area contributed by atoms with E-state index in [1.165, 1.54) is 12.1 Å². The maximum atomic E-state index is 13.5. The lowest BCUT2D eigenvalue weighted by Crippen LogP contribution is -2.40. The molecule has 4 N–H and O–H groups in total. The molecule has 0 spiro atoms. The van der Waals surface area contributed by atoms with Gasteiger partial charge in [0, 0.05) is 67.8 Å². The van der Waals surface area contributed by atoms with Crippen molar-refractivity contribution >= 4 is 40.1 Å². The number of ether oxygens (including phenoxy) is 1. The molecule has 2 amide bonds.